The predicted molar refractivity (Wildman–Crippen MR) is 74.9 cm³/mol. The van der Waals surface area contributed by atoms with Gasteiger partial charge in [0.25, 0.3) is 0 Å². The maximum atomic E-state index is 4.23. The number of nitrogens with zero attached hydrogens (tertiary/aromatic N) is 1. The number of aromatic nitrogens is 1. The maximum absolute atomic E-state index is 4.23. The van der Waals surface area contributed by atoms with Crippen LogP contribution < -0.4 is 0 Å². The van der Waals surface area contributed by atoms with Gasteiger partial charge in [0.15, 0.2) is 0 Å². The molecule has 0 aliphatic carbocycles. The van der Waals surface area contributed by atoms with Crippen LogP contribution in [0, 0.1) is 0 Å². The summed E-state index contributed by atoms with van der Waals surface area (Å²) in [6, 6.07) is 10.1. The molecule has 0 radical (unpaired) electrons. The van der Waals surface area contributed by atoms with Gasteiger partial charge in [0.2, 0.25) is 0 Å². The van der Waals surface area contributed by atoms with E-state index >= 15 is 0 Å². The lowest BCUT2D eigenvalue weighted by molar-refractivity contribution is 1.09. The number of hydrogen-bond donors (Lipinski definition) is 0. The van der Waals surface area contributed by atoms with E-state index in [4.69, 9.17) is 0 Å². The summed E-state index contributed by atoms with van der Waals surface area (Å²) in [5.74, 6) is 0. The first kappa shape index (κ1) is 14.8. The minimum Gasteiger partial charge on any atom is -0.255 e. The summed E-state index contributed by atoms with van der Waals surface area (Å²) in [6.45, 7) is 8.25. The topological polar surface area (TPSA) is 12.9 Å². The lowest BCUT2D eigenvalue weighted by Gasteiger charge is -1.92. The van der Waals surface area contributed by atoms with Gasteiger partial charge in [-0.15, -0.1) is 11.3 Å². The molecule has 2 aromatic heterocycles. The molecule has 0 aliphatic rings. The molecular formula is C14H21NS. The summed E-state index contributed by atoms with van der Waals surface area (Å²) in [4.78, 5) is 5.46. The highest BCUT2D eigenvalue weighted by Gasteiger charge is 1.95. The van der Waals surface area contributed by atoms with E-state index in [1.54, 1.807) is 11.3 Å². The second-order valence-corrected chi connectivity index (χ2v) is 3.85. The van der Waals surface area contributed by atoms with Gasteiger partial charge in [0.05, 0.1) is 10.6 Å². The SMILES string of the molecule is CC.CCC.c1ccc(-c2cccs2)nc1. The Labute approximate surface area is 103 Å². The highest BCUT2D eigenvalue weighted by atomic mass is 32.1. The van der Waals surface area contributed by atoms with Crippen molar-refractivity contribution in [2.24, 2.45) is 0 Å². The van der Waals surface area contributed by atoms with Crippen LogP contribution in [0.15, 0.2) is 41.9 Å². The van der Waals surface area contributed by atoms with E-state index in [2.05, 4.69) is 30.3 Å². The number of rotatable bonds is 1. The molecule has 0 saturated carbocycles. The van der Waals surface area contributed by atoms with Crippen LogP contribution in [0.5, 0.6) is 0 Å². The van der Waals surface area contributed by atoms with Crippen molar-refractivity contribution in [1.29, 1.82) is 0 Å². The first-order chi connectivity index (χ1) is 7.88. The Balaban J connectivity index is 0.000000394. The average Bonchev–Trinajstić information content (AvgIpc) is 2.87. The zero-order valence-electron chi connectivity index (χ0n) is 10.6. The quantitative estimate of drug-likeness (QED) is 0.657. The summed E-state index contributed by atoms with van der Waals surface area (Å²) in [5, 5.41) is 2.06. The molecular weight excluding hydrogens is 214 g/mol. The molecule has 2 rings (SSSR count). The molecule has 2 heteroatoms. The molecule has 88 valence electrons. The van der Waals surface area contributed by atoms with E-state index in [1.807, 2.05) is 44.3 Å². The van der Waals surface area contributed by atoms with Crippen molar-refractivity contribution in [1.82, 2.24) is 4.98 Å². The Morgan fingerprint density at radius 3 is 2.19 bits per heavy atom. The van der Waals surface area contributed by atoms with Crippen LogP contribution in [0.3, 0.4) is 0 Å². The largest absolute Gasteiger partial charge is 0.255 e. The van der Waals surface area contributed by atoms with Crippen molar-refractivity contribution < 1.29 is 0 Å². The lowest BCUT2D eigenvalue weighted by Crippen LogP contribution is -1.75. The van der Waals surface area contributed by atoms with Gasteiger partial charge in [-0.3, -0.25) is 4.98 Å². The van der Waals surface area contributed by atoms with Gasteiger partial charge in [0.1, 0.15) is 0 Å². The van der Waals surface area contributed by atoms with Gasteiger partial charge in [-0.1, -0.05) is 46.2 Å². The van der Waals surface area contributed by atoms with Crippen LogP contribution in [-0.2, 0) is 0 Å². The molecule has 0 saturated heterocycles. The van der Waals surface area contributed by atoms with Crippen molar-refractivity contribution in [3.8, 4) is 10.6 Å². The van der Waals surface area contributed by atoms with Gasteiger partial charge >= 0.3 is 0 Å². The van der Waals surface area contributed by atoms with Gasteiger partial charge in [-0.2, -0.15) is 0 Å². The van der Waals surface area contributed by atoms with E-state index in [0.29, 0.717) is 0 Å². The molecule has 16 heavy (non-hydrogen) atoms. The van der Waals surface area contributed by atoms with Gasteiger partial charge in [0, 0.05) is 6.20 Å². The zero-order chi connectivity index (χ0) is 12.2. The average molecular weight is 235 g/mol. The molecule has 0 atom stereocenters. The fraction of sp³-hybridized carbons (Fsp3) is 0.357. The molecule has 1 nitrogen and oxygen atoms in total. The van der Waals surface area contributed by atoms with Crippen LogP contribution >= 0.6 is 11.3 Å². The number of pyridine rings is 1. The third-order valence-corrected chi connectivity index (χ3v) is 2.33. The number of hydrogen-bond acceptors (Lipinski definition) is 2. The van der Waals surface area contributed by atoms with E-state index in [0.717, 1.165) is 5.69 Å². The summed E-state index contributed by atoms with van der Waals surface area (Å²) in [6.07, 6.45) is 3.06. The van der Waals surface area contributed by atoms with Crippen molar-refractivity contribution in [2.75, 3.05) is 0 Å². The molecule has 0 bridgehead atoms. The summed E-state index contributed by atoms with van der Waals surface area (Å²) < 4.78 is 0. The van der Waals surface area contributed by atoms with Crippen molar-refractivity contribution >= 4 is 11.3 Å². The van der Waals surface area contributed by atoms with Gasteiger partial charge in [-0.25, -0.2) is 0 Å². The molecule has 0 aliphatic heterocycles. The van der Waals surface area contributed by atoms with Gasteiger partial charge < -0.3 is 0 Å². The van der Waals surface area contributed by atoms with Crippen molar-refractivity contribution in [3.63, 3.8) is 0 Å². The lowest BCUT2D eigenvalue weighted by atomic mass is 10.3. The molecule has 0 amide bonds. The standard InChI is InChI=1S/C9H7NS.C3H8.C2H6/c1-2-6-10-8(4-1)9-5-3-7-11-9;1-3-2;1-2/h1-7H;3H2,1-2H3;1-2H3. The van der Waals surface area contributed by atoms with Crippen LogP contribution in [0.25, 0.3) is 10.6 Å². The normalized spacial score (nSPS) is 8.25. The minimum atomic E-state index is 1.06. The molecule has 2 heterocycles. The van der Waals surface area contributed by atoms with Crippen LogP contribution in [0.2, 0.25) is 0 Å². The van der Waals surface area contributed by atoms with E-state index in [1.165, 1.54) is 11.3 Å². The zero-order valence-corrected chi connectivity index (χ0v) is 11.4. The molecule has 2 aromatic rings. The fourth-order valence-corrected chi connectivity index (χ4v) is 1.64. The van der Waals surface area contributed by atoms with Gasteiger partial charge in [-0.05, 0) is 23.6 Å². The van der Waals surface area contributed by atoms with Crippen LogP contribution in [0.1, 0.15) is 34.1 Å². The molecule has 0 aromatic carbocycles. The summed E-state index contributed by atoms with van der Waals surface area (Å²) in [5.41, 5.74) is 1.06. The summed E-state index contributed by atoms with van der Waals surface area (Å²) >= 11 is 1.71. The van der Waals surface area contributed by atoms with E-state index in [-0.39, 0.29) is 0 Å². The Morgan fingerprint density at radius 1 is 1.06 bits per heavy atom. The predicted octanol–water partition coefficient (Wildman–Crippen LogP) is 5.25. The molecule has 0 spiro atoms. The van der Waals surface area contributed by atoms with Crippen LogP contribution in [-0.4, -0.2) is 4.98 Å². The highest BCUT2D eigenvalue weighted by molar-refractivity contribution is 7.13. The third-order valence-electron chi connectivity index (χ3n) is 1.44. The third kappa shape index (κ3) is 5.66. The number of thiophene rings is 1. The molecule has 0 N–H and O–H groups in total. The Bertz CT molecular complexity index is 327. The molecule has 0 unspecified atom stereocenters. The molecule has 0 fully saturated rings. The van der Waals surface area contributed by atoms with Crippen molar-refractivity contribution in [2.45, 2.75) is 34.1 Å². The summed E-state index contributed by atoms with van der Waals surface area (Å²) in [7, 11) is 0. The van der Waals surface area contributed by atoms with E-state index in [9.17, 15) is 0 Å². The smallest absolute Gasteiger partial charge is 0.0801 e. The monoisotopic (exact) mass is 235 g/mol. The Kier molecular flexibility index (Phi) is 9.63. The second kappa shape index (κ2) is 10.4. The fourth-order valence-electron chi connectivity index (χ4n) is 0.933. The maximum Gasteiger partial charge on any atom is 0.0801 e. The Morgan fingerprint density at radius 2 is 1.75 bits per heavy atom. The van der Waals surface area contributed by atoms with Crippen molar-refractivity contribution in [3.05, 3.63) is 41.9 Å². The second-order valence-electron chi connectivity index (χ2n) is 2.90. The first-order valence-corrected chi connectivity index (χ1v) is 6.71. The minimum absolute atomic E-state index is 1.06. The Hall–Kier alpha value is -1.15. The first-order valence-electron chi connectivity index (χ1n) is 5.83. The highest BCUT2D eigenvalue weighted by Crippen LogP contribution is 2.21. The van der Waals surface area contributed by atoms with E-state index < -0.39 is 0 Å². The van der Waals surface area contributed by atoms with Crippen LogP contribution in [0.4, 0.5) is 0 Å².